The number of methoxy groups -OCH3 is 1. The minimum atomic E-state index is -1.57. The van der Waals surface area contributed by atoms with Crippen molar-refractivity contribution in [3.63, 3.8) is 0 Å². The van der Waals surface area contributed by atoms with Crippen LogP contribution in [0.3, 0.4) is 0 Å². The van der Waals surface area contributed by atoms with E-state index in [0.29, 0.717) is 17.7 Å². The number of azo groups is 1. The van der Waals surface area contributed by atoms with Crippen molar-refractivity contribution >= 4 is 12.2 Å². The number of hydrogen-bond acceptors (Lipinski definition) is 5. The van der Waals surface area contributed by atoms with Crippen LogP contribution in [0.15, 0.2) is 70.9 Å². The molecule has 2 aromatic rings. The molecule has 0 saturated carbocycles. The average Bonchev–Trinajstić information content (AvgIpc) is 2.53. The van der Waals surface area contributed by atoms with E-state index in [-0.39, 0.29) is 0 Å². The normalized spacial score (nSPS) is 13.8. The van der Waals surface area contributed by atoms with Crippen LogP contribution in [-0.2, 0) is 20.2 Å². The first kappa shape index (κ1) is 13.9. The average molecular weight is 270 g/mol. The first-order chi connectivity index (χ1) is 9.80. The minimum absolute atomic E-state index is 0.292. The van der Waals surface area contributed by atoms with Crippen LogP contribution in [0.2, 0.25) is 0 Å². The van der Waals surface area contributed by atoms with Crippen LogP contribution >= 0.6 is 0 Å². The molecule has 0 aliphatic heterocycles. The third-order valence-electron chi connectivity index (χ3n) is 2.68. The zero-order chi connectivity index (χ0) is 14.3. The van der Waals surface area contributed by atoms with E-state index in [1.807, 2.05) is 24.3 Å². The Hall–Kier alpha value is -2.53. The van der Waals surface area contributed by atoms with Gasteiger partial charge >= 0.3 is 5.91 Å². The second kappa shape index (κ2) is 6.58. The number of carbonyl (C=O) groups is 1. The van der Waals surface area contributed by atoms with Gasteiger partial charge in [-0.1, -0.05) is 48.5 Å². The SMILES string of the molecule is COC(N=Nc1ccccc1)(OC=O)c1ccccc1. The van der Waals surface area contributed by atoms with E-state index in [4.69, 9.17) is 9.47 Å². The molecule has 0 amide bonds. The summed E-state index contributed by atoms with van der Waals surface area (Å²) >= 11 is 0. The fraction of sp³-hybridized carbons (Fsp3) is 0.133. The monoisotopic (exact) mass is 270 g/mol. The van der Waals surface area contributed by atoms with E-state index in [1.165, 1.54) is 7.11 Å². The Bertz CT molecular complexity index is 572. The highest BCUT2D eigenvalue weighted by molar-refractivity contribution is 5.40. The zero-order valence-electron chi connectivity index (χ0n) is 11.0. The lowest BCUT2D eigenvalue weighted by molar-refractivity contribution is -0.215. The number of rotatable bonds is 6. The van der Waals surface area contributed by atoms with Crippen LogP contribution in [-0.4, -0.2) is 13.6 Å². The summed E-state index contributed by atoms with van der Waals surface area (Å²) in [6.45, 7) is 0.292. The second-order valence-electron chi connectivity index (χ2n) is 3.90. The first-order valence-electron chi connectivity index (χ1n) is 6.01. The maximum Gasteiger partial charge on any atom is 0.360 e. The summed E-state index contributed by atoms with van der Waals surface area (Å²) in [5.74, 6) is -1.57. The molecule has 0 fully saturated rings. The van der Waals surface area contributed by atoms with Gasteiger partial charge in [-0.05, 0) is 12.1 Å². The molecule has 1 unspecified atom stereocenters. The fourth-order valence-electron chi connectivity index (χ4n) is 1.69. The second-order valence-corrected chi connectivity index (χ2v) is 3.90. The van der Waals surface area contributed by atoms with Gasteiger partial charge in [-0.3, -0.25) is 4.79 Å². The number of ether oxygens (including phenoxy) is 2. The van der Waals surface area contributed by atoms with Crippen molar-refractivity contribution in [2.45, 2.75) is 5.91 Å². The maximum atomic E-state index is 10.8. The van der Waals surface area contributed by atoms with Gasteiger partial charge in [0.25, 0.3) is 6.47 Å². The van der Waals surface area contributed by atoms with Gasteiger partial charge in [-0.2, -0.15) is 0 Å². The smallest absolute Gasteiger partial charge is 0.360 e. The minimum Gasteiger partial charge on any atom is -0.409 e. The predicted octanol–water partition coefficient (Wildman–Crippen LogP) is 3.40. The zero-order valence-corrected chi connectivity index (χ0v) is 11.0. The van der Waals surface area contributed by atoms with Gasteiger partial charge in [0.05, 0.1) is 11.3 Å². The summed E-state index contributed by atoms with van der Waals surface area (Å²) in [4.78, 5) is 10.8. The molecule has 20 heavy (non-hydrogen) atoms. The van der Waals surface area contributed by atoms with E-state index in [9.17, 15) is 4.79 Å². The highest BCUT2D eigenvalue weighted by Crippen LogP contribution is 2.29. The third-order valence-corrected chi connectivity index (χ3v) is 2.68. The molecule has 1 atom stereocenters. The van der Waals surface area contributed by atoms with Gasteiger partial charge in [0.1, 0.15) is 0 Å². The number of nitrogens with zero attached hydrogens (tertiary/aromatic N) is 2. The van der Waals surface area contributed by atoms with E-state index < -0.39 is 5.91 Å². The van der Waals surface area contributed by atoms with Crippen LogP contribution in [0.4, 0.5) is 5.69 Å². The largest absolute Gasteiger partial charge is 0.409 e. The summed E-state index contributed by atoms with van der Waals surface area (Å²) in [5.41, 5.74) is 1.22. The number of carbonyl (C=O) groups excluding carboxylic acids is 1. The van der Waals surface area contributed by atoms with Crippen molar-refractivity contribution in [1.29, 1.82) is 0 Å². The highest BCUT2D eigenvalue weighted by Gasteiger charge is 2.34. The summed E-state index contributed by atoms with van der Waals surface area (Å²) < 4.78 is 10.3. The first-order valence-corrected chi connectivity index (χ1v) is 6.01. The van der Waals surface area contributed by atoms with Crippen LogP contribution in [0, 0.1) is 0 Å². The van der Waals surface area contributed by atoms with Gasteiger partial charge < -0.3 is 9.47 Å². The van der Waals surface area contributed by atoms with Crippen molar-refractivity contribution < 1.29 is 14.3 Å². The Morgan fingerprint density at radius 1 is 1.00 bits per heavy atom. The molecule has 0 radical (unpaired) electrons. The molecular weight excluding hydrogens is 256 g/mol. The van der Waals surface area contributed by atoms with Crippen molar-refractivity contribution in [3.05, 3.63) is 66.2 Å². The Kier molecular flexibility index (Phi) is 4.57. The molecule has 0 heterocycles. The van der Waals surface area contributed by atoms with Crippen molar-refractivity contribution in [2.75, 3.05) is 7.11 Å². The molecule has 0 aromatic heterocycles. The van der Waals surface area contributed by atoms with E-state index in [0.717, 1.165) is 0 Å². The lowest BCUT2D eigenvalue weighted by atomic mass is 10.1. The summed E-state index contributed by atoms with van der Waals surface area (Å²) in [6.07, 6.45) is 0. The molecule has 102 valence electrons. The molecule has 2 aromatic carbocycles. The molecule has 0 aliphatic rings. The number of hydrogen-bond donors (Lipinski definition) is 0. The molecule has 2 rings (SSSR count). The van der Waals surface area contributed by atoms with Gasteiger partial charge in [0.15, 0.2) is 0 Å². The molecule has 5 nitrogen and oxygen atoms in total. The van der Waals surface area contributed by atoms with Crippen LogP contribution < -0.4 is 0 Å². The molecule has 0 aliphatic carbocycles. The predicted molar refractivity (Wildman–Crippen MR) is 73.2 cm³/mol. The molecule has 0 saturated heterocycles. The van der Waals surface area contributed by atoms with Crippen LogP contribution in [0.25, 0.3) is 0 Å². The van der Waals surface area contributed by atoms with Crippen molar-refractivity contribution in [3.8, 4) is 0 Å². The van der Waals surface area contributed by atoms with Crippen LogP contribution in [0.1, 0.15) is 5.56 Å². The Morgan fingerprint density at radius 2 is 1.60 bits per heavy atom. The van der Waals surface area contributed by atoms with E-state index >= 15 is 0 Å². The molecule has 0 spiro atoms. The standard InChI is InChI=1S/C15H14N2O3/c1-19-15(20-12-18,13-8-4-2-5-9-13)17-16-14-10-6-3-7-11-14/h2-12H,1H3. The van der Waals surface area contributed by atoms with Crippen LogP contribution in [0.5, 0.6) is 0 Å². The summed E-state index contributed by atoms with van der Waals surface area (Å²) in [6, 6.07) is 18.1. The fourth-order valence-corrected chi connectivity index (χ4v) is 1.69. The maximum absolute atomic E-state index is 10.8. The molecule has 0 N–H and O–H groups in total. The molecule has 5 heteroatoms. The van der Waals surface area contributed by atoms with Gasteiger partial charge in [0, 0.05) is 7.11 Å². The van der Waals surface area contributed by atoms with Crippen molar-refractivity contribution in [1.82, 2.24) is 0 Å². The van der Waals surface area contributed by atoms with Gasteiger partial charge in [-0.15, -0.1) is 10.2 Å². The Balaban J connectivity index is 2.37. The molecule has 0 bridgehead atoms. The molecular formula is C15H14N2O3. The van der Waals surface area contributed by atoms with Gasteiger partial charge in [-0.25, -0.2) is 0 Å². The van der Waals surface area contributed by atoms with E-state index in [2.05, 4.69) is 10.2 Å². The highest BCUT2D eigenvalue weighted by atomic mass is 16.7. The Labute approximate surface area is 116 Å². The van der Waals surface area contributed by atoms with Crippen molar-refractivity contribution in [2.24, 2.45) is 10.2 Å². The Morgan fingerprint density at radius 3 is 2.15 bits per heavy atom. The summed E-state index contributed by atoms with van der Waals surface area (Å²) in [5, 5.41) is 8.11. The topological polar surface area (TPSA) is 60.3 Å². The quantitative estimate of drug-likeness (QED) is 0.459. The van der Waals surface area contributed by atoms with E-state index in [1.54, 1.807) is 36.4 Å². The third kappa shape index (κ3) is 3.07. The number of benzene rings is 2. The lowest BCUT2D eigenvalue weighted by Gasteiger charge is -2.24. The lowest BCUT2D eigenvalue weighted by Crippen LogP contribution is -2.29. The summed E-state index contributed by atoms with van der Waals surface area (Å²) in [7, 11) is 1.40. The van der Waals surface area contributed by atoms with Gasteiger partial charge in [0.2, 0.25) is 0 Å².